The predicted octanol–water partition coefficient (Wildman–Crippen LogP) is 3.64. The van der Waals surface area contributed by atoms with Gasteiger partial charge in [-0.1, -0.05) is 37.0 Å². The number of carboxylic acid groups (broad SMARTS) is 1. The van der Waals surface area contributed by atoms with Gasteiger partial charge in [0.25, 0.3) is 0 Å². The van der Waals surface area contributed by atoms with E-state index in [1.807, 2.05) is 19.1 Å². The Kier molecular flexibility index (Phi) is 5.90. The molecule has 1 saturated carbocycles. The normalized spacial score (nSPS) is 16.6. The molecule has 0 amide bonds. The number of nitrogens with zero attached hydrogens (tertiary/aromatic N) is 2. The van der Waals surface area contributed by atoms with Crippen molar-refractivity contribution in [2.45, 2.75) is 44.6 Å². The predicted molar refractivity (Wildman–Crippen MR) is 115 cm³/mol. The van der Waals surface area contributed by atoms with Crippen molar-refractivity contribution in [3.63, 3.8) is 0 Å². The third-order valence-corrected chi connectivity index (χ3v) is 4.95. The molecule has 150 valence electrons. The van der Waals surface area contributed by atoms with Crippen LogP contribution < -0.4 is 5.73 Å². The second kappa shape index (κ2) is 8.38. The number of rotatable bonds is 3. The Balaban J connectivity index is 2.15. The highest BCUT2D eigenvalue weighted by Gasteiger charge is 2.26. The number of benzene rings is 1. The minimum absolute atomic E-state index is 0.0640. The van der Waals surface area contributed by atoms with E-state index in [1.165, 1.54) is 4.57 Å². The highest BCUT2D eigenvalue weighted by atomic mass is 16.4. The number of fused-ring (bicyclic) bond motifs is 1. The number of aromatic nitrogens is 1. The standard InChI is InChI=1S/C23H25N3O3/c1-3-7-21(25-16(2)24)26-19-14-17(8-9-18(19)15-20(26)22(27)28)10-13-23(29)11-5-4-6-12-23/h3,7-9,14-15,29H,2,4-6,11-12,24H2,1H3,(H,27,28)/b7-3-,25-21?. The summed E-state index contributed by atoms with van der Waals surface area (Å²) in [7, 11) is 0. The number of aliphatic hydroxyl groups is 1. The van der Waals surface area contributed by atoms with Crippen LogP contribution in [0.2, 0.25) is 0 Å². The van der Waals surface area contributed by atoms with Crippen LogP contribution in [0.15, 0.2) is 53.8 Å². The van der Waals surface area contributed by atoms with E-state index >= 15 is 0 Å². The first-order valence-corrected chi connectivity index (χ1v) is 9.63. The molecular weight excluding hydrogens is 366 g/mol. The Hall–Kier alpha value is -3.30. The summed E-state index contributed by atoms with van der Waals surface area (Å²) in [5.74, 6) is 5.43. The molecule has 29 heavy (non-hydrogen) atoms. The van der Waals surface area contributed by atoms with Crippen molar-refractivity contribution in [3.8, 4) is 11.8 Å². The molecule has 1 heterocycles. The first-order valence-electron chi connectivity index (χ1n) is 9.63. The zero-order chi connectivity index (χ0) is 21.0. The van der Waals surface area contributed by atoms with E-state index in [0.717, 1.165) is 24.6 Å². The van der Waals surface area contributed by atoms with Crippen LogP contribution in [0.4, 0.5) is 0 Å². The summed E-state index contributed by atoms with van der Waals surface area (Å²) in [5.41, 5.74) is 6.10. The van der Waals surface area contributed by atoms with Gasteiger partial charge in [-0.25, -0.2) is 9.79 Å². The number of hydrogen-bond acceptors (Lipinski definition) is 4. The summed E-state index contributed by atoms with van der Waals surface area (Å²) in [4.78, 5) is 16.0. The highest BCUT2D eigenvalue weighted by Crippen LogP contribution is 2.28. The van der Waals surface area contributed by atoms with Crippen molar-refractivity contribution in [2.24, 2.45) is 10.7 Å². The van der Waals surface area contributed by atoms with E-state index in [0.29, 0.717) is 29.8 Å². The number of nitrogens with two attached hydrogens (primary N) is 1. The molecule has 2 aromatic rings. The molecule has 1 fully saturated rings. The van der Waals surface area contributed by atoms with Crippen molar-refractivity contribution >= 4 is 22.7 Å². The number of carboxylic acids is 1. The molecule has 6 heteroatoms. The number of carbonyl (C=O) groups is 1. The molecule has 1 aromatic heterocycles. The Morgan fingerprint density at radius 1 is 1.31 bits per heavy atom. The minimum atomic E-state index is -1.08. The maximum Gasteiger partial charge on any atom is 0.352 e. The summed E-state index contributed by atoms with van der Waals surface area (Å²) < 4.78 is 1.52. The maximum absolute atomic E-state index is 11.8. The van der Waals surface area contributed by atoms with Crippen LogP contribution >= 0.6 is 0 Å². The first kappa shape index (κ1) is 20.4. The molecule has 0 saturated heterocycles. The third kappa shape index (κ3) is 4.58. The SMILES string of the molecule is C=C(N)N=C(/C=C\C)n1c(C(=O)O)cc2ccc(C#CC3(O)CCCCC3)cc21. The topological polar surface area (TPSA) is 101 Å². The van der Waals surface area contributed by atoms with Gasteiger partial charge in [-0.05, 0) is 56.9 Å². The van der Waals surface area contributed by atoms with E-state index in [2.05, 4.69) is 23.4 Å². The summed E-state index contributed by atoms with van der Waals surface area (Å²) >= 11 is 0. The van der Waals surface area contributed by atoms with Gasteiger partial charge in [-0.2, -0.15) is 0 Å². The Labute approximate surface area is 170 Å². The van der Waals surface area contributed by atoms with Crippen LogP contribution in [-0.2, 0) is 0 Å². The van der Waals surface area contributed by atoms with Gasteiger partial charge >= 0.3 is 5.97 Å². The minimum Gasteiger partial charge on any atom is -0.477 e. The van der Waals surface area contributed by atoms with E-state index in [9.17, 15) is 15.0 Å². The fourth-order valence-electron chi connectivity index (χ4n) is 3.59. The lowest BCUT2D eigenvalue weighted by molar-refractivity contribution is 0.0609. The molecule has 1 aliphatic rings. The monoisotopic (exact) mass is 391 g/mol. The van der Waals surface area contributed by atoms with Gasteiger partial charge in [-0.3, -0.25) is 4.57 Å². The van der Waals surface area contributed by atoms with Crippen molar-refractivity contribution < 1.29 is 15.0 Å². The molecule has 3 rings (SSSR count). The van der Waals surface area contributed by atoms with E-state index < -0.39 is 11.6 Å². The van der Waals surface area contributed by atoms with Gasteiger partial charge in [0.1, 0.15) is 23.0 Å². The van der Waals surface area contributed by atoms with Gasteiger partial charge in [-0.15, -0.1) is 0 Å². The summed E-state index contributed by atoms with van der Waals surface area (Å²) in [6.45, 7) is 5.40. The van der Waals surface area contributed by atoms with Crippen LogP contribution in [0, 0.1) is 11.8 Å². The first-order chi connectivity index (χ1) is 13.8. The molecule has 0 unspecified atom stereocenters. The highest BCUT2D eigenvalue weighted by molar-refractivity contribution is 6.08. The molecule has 0 atom stereocenters. The van der Waals surface area contributed by atoms with Crippen molar-refractivity contribution in [1.82, 2.24) is 4.57 Å². The van der Waals surface area contributed by atoms with Crippen molar-refractivity contribution in [2.75, 3.05) is 0 Å². The lowest BCUT2D eigenvalue weighted by Gasteiger charge is -2.26. The van der Waals surface area contributed by atoms with Crippen molar-refractivity contribution in [3.05, 3.63) is 60.1 Å². The lowest BCUT2D eigenvalue weighted by atomic mass is 9.85. The molecule has 1 aliphatic carbocycles. The zero-order valence-corrected chi connectivity index (χ0v) is 16.5. The molecular formula is C23H25N3O3. The number of allylic oxidation sites excluding steroid dienone is 2. The molecule has 6 nitrogen and oxygen atoms in total. The average Bonchev–Trinajstić information content (AvgIpc) is 3.05. The van der Waals surface area contributed by atoms with Crippen LogP contribution in [0.3, 0.4) is 0 Å². The maximum atomic E-state index is 11.8. The van der Waals surface area contributed by atoms with Gasteiger partial charge in [0.15, 0.2) is 0 Å². The second-order valence-electron chi connectivity index (χ2n) is 7.25. The molecule has 1 aromatic carbocycles. The van der Waals surface area contributed by atoms with E-state index in [1.54, 1.807) is 24.3 Å². The van der Waals surface area contributed by atoms with Crippen LogP contribution in [0.5, 0.6) is 0 Å². The Morgan fingerprint density at radius 3 is 2.66 bits per heavy atom. The lowest BCUT2D eigenvalue weighted by Crippen LogP contribution is -2.29. The quantitative estimate of drug-likeness (QED) is 0.422. The van der Waals surface area contributed by atoms with Crippen LogP contribution in [-0.4, -0.2) is 32.2 Å². The Morgan fingerprint density at radius 2 is 2.03 bits per heavy atom. The van der Waals surface area contributed by atoms with Crippen LogP contribution in [0.25, 0.3) is 10.9 Å². The molecule has 0 spiro atoms. The van der Waals surface area contributed by atoms with E-state index in [-0.39, 0.29) is 11.5 Å². The van der Waals surface area contributed by atoms with Gasteiger partial charge in [0.05, 0.1) is 5.52 Å². The fourth-order valence-corrected chi connectivity index (χ4v) is 3.59. The number of hydrogen-bond donors (Lipinski definition) is 3. The van der Waals surface area contributed by atoms with Gasteiger partial charge < -0.3 is 15.9 Å². The zero-order valence-electron chi connectivity index (χ0n) is 16.5. The summed E-state index contributed by atoms with van der Waals surface area (Å²) in [5, 5.41) is 21.0. The number of aliphatic imine (C=N–C) groups is 1. The Bertz CT molecular complexity index is 1070. The van der Waals surface area contributed by atoms with Crippen molar-refractivity contribution in [1.29, 1.82) is 0 Å². The van der Waals surface area contributed by atoms with Gasteiger partial charge in [0.2, 0.25) is 0 Å². The van der Waals surface area contributed by atoms with Gasteiger partial charge in [0, 0.05) is 10.9 Å². The summed E-state index contributed by atoms with van der Waals surface area (Å²) in [6.07, 6.45) is 7.86. The second-order valence-corrected chi connectivity index (χ2v) is 7.25. The molecule has 0 radical (unpaired) electrons. The number of aromatic carboxylic acids is 1. The summed E-state index contributed by atoms with van der Waals surface area (Å²) in [6, 6.07) is 7.03. The smallest absolute Gasteiger partial charge is 0.352 e. The van der Waals surface area contributed by atoms with Crippen LogP contribution in [0.1, 0.15) is 55.1 Å². The largest absolute Gasteiger partial charge is 0.477 e. The molecule has 0 aliphatic heterocycles. The third-order valence-electron chi connectivity index (χ3n) is 4.95. The molecule has 4 N–H and O–H groups in total. The van der Waals surface area contributed by atoms with E-state index in [4.69, 9.17) is 5.73 Å². The fraction of sp³-hybridized carbons (Fsp3) is 0.304. The average molecular weight is 391 g/mol. The molecule has 0 bridgehead atoms.